The van der Waals surface area contributed by atoms with Crippen LogP contribution < -0.4 is 0 Å². The fraction of sp³-hybridized carbons (Fsp3) is 0.655. The highest BCUT2D eigenvalue weighted by atomic mass is 16.5. The molecule has 2 unspecified atom stereocenters. The Labute approximate surface area is 202 Å². The molecule has 0 spiro atoms. The summed E-state index contributed by atoms with van der Waals surface area (Å²) in [5.74, 6) is -0.411. The number of hydrogen-bond donors (Lipinski definition) is 0. The third kappa shape index (κ3) is 11.7. The molecule has 1 aromatic carbocycles. The predicted octanol–water partition coefficient (Wildman–Crippen LogP) is 7.65. The normalized spacial score (nSPS) is 13.5. The number of rotatable bonds is 18. The van der Waals surface area contributed by atoms with E-state index in [1.54, 1.807) is 20.1 Å². The van der Waals surface area contributed by atoms with Crippen molar-refractivity contribution in [1.82, 2.24) is 0 Å². The van der Waals surface area contributed by atoms with Crippen LogP contribution in [0.15, 0.2) is 29.8 Å². The summed E-state index contributed by atoms with van der Waals surface area (Å²) in [6, 6.07) is 8.18. The molecule has 0 saturated heterocycles. The topological polar surface area (TPSA) is 52.6 Å². The van der Waals surface area contributed by atoms with Gasteiger partial charge in [0, 0.05) is 7.11 Å². The zero-order valence-electron chi connectivity index (χ0n) is 21.7. The van der Waals surface area contributed by atoms with Gasteiger partial charge in [0.1, 0.15) is 5.57 Å². The lowest BCUT2D eigenvalue weighted by atomic mass is 9.85. The van der Waals surface area contributed by atoms with E-state index in [0.29, 0.717) is 5.92 Å². The van der Waals surface area contributed by atoms with Crippen molar-refractivity contribution in [3.63, 3.8) is 0 Å². The van der Waals surface area contributed by atoms with Crippen molar-refractivity contribution >= 4 is 17.8 Å². The summed E-state index contributed by atoms with van der Waals surface area (Å²) in [5, 5.41) is 0. The second kappa shape index (κ2) is 17.5. The molecule has 0 aliphatic rings. The molecular weight excluding hydrogens is 412 g/mol. The van der Waals surface area contributed by atoms with E-state index in [1.165, 1.54) is 57.4 Å². The van der Waals surface area contributed by atoms with Gasteiger partial charge in [0.05, 0.1) is 12.7 Å². The van der Waals surface area contributed by atoms with E-state index < -0.39 is 5.97 Å². The molecule has 1 rings (SSSR count). The summed E-state index contributed by atoms with van der Waals surface area (Å²) in [6.45, 7) is 7.79. The third-order valence-electron chi connectivity index (χ3n) is 6.33. The summed E-state index contributed by atoms with van der Waals surface area (Å²) in [4.78, 5) is 24.5. The molecule has 0 heterocycles. The number of carbonyl (C=O) groups is 2. The smallest absolute Gasteiger partial charge is 0.341 e. The average Bonchev–Trinajstić information content (AvgIpc) is 2.80. The van der Waals surface area contributed by atoms with Crippen LogP contribution in [-0.2, 0) is 19.1 Å². The standard InChI is InChI=1S/C29H46O4/c1-6-8-9-10-11-12-13-18-25(20-16-17-23(3)32-5)27-21-15-14-19-26(27)22-28(24(4)30)29(31)33-7-2/h14-15,19,21-23,25H,6-13,16-18,20H2,1-5H3. The number of benzene rings is 1. The van der Waals surface area contributed by atoms with Crippen LogP contribution in [0.4, 0.5) is 0 Å². The molecule has 0 aromatic heterocycles. The monoisotopic (exact) mass is 458 g/mol. The first kappa shape index (κ1) is 29.1. The molecule has 0 aliphatic heterocycles. The molecule has 0 aliphatic carbocycles. The van der Waals surface area contributed by atoms with Gasteiger partial charge in [-0.2, -0.15) is 0 Å². The lowest BCUT2D eigenvalue weighted by Crippen LogP contribution is -2.14. The molecule has 0 amide bonds. The first-order valence-corrected chi connectivity index (χ1v) is 13.0. The van der Waals surface area contributed by atoms with Crippen molar-refractivity contribution in [2.24, 2.45) is 0 Å². The van der Waals surface area contributed by atoms with Gasteiger partial charge in [-0.25, -0.2) is 4.79 Å². The number of methoxy groups -OCH3 is 1. The molecule has 2 atom stereocenters. The van der Waals surface area contributed by atoms with E-state index >= 15 is 0 Å². The van der Waals surface area contributed by atoms with Crippen LogP contribution >= 0.6 is 0 Å². The fourth-order valence-electron chi connectivity index (χ4n) is 4.26. The SMILES string of the molecule is CCCCCCCCCC(CCCC(C)OC)c1ccccc1C=C(C(C)=O)C(=O)OCC. The number of ether oxygens (including phenoxy) is 2. The van der Waals surface area contributed by atoms with E-state index in [9.17, 15) is 9.59 Å². The summed E-state index contributed by atoms with van der Waals surface area (Å²) >= 11 is 0. The number of esters is 1. The number of ketones is 1. The Bertz CT molecular complexity index is 722. The van der Waals surface area contributed by atoms with Crippen LogP contribution in [0, 0.1) is 0 Å². The number of hydrogen-bond acceptors (Lipinski definition) is 4. The molecule has 0 radical (unpaired) electrons. The predicted molar refractivity (Wildman–Crippen MR) is 137 cm³/mol. The van der Waals surface area contributed by atoms with Gasteiger partial charge in [0.25, 0.3) is 0 Å². The number of Topliss-reactive ketones (excluding diaryl/α,β-unsaturated/α-hetero) is 1. The van der Waals surface area contributed by atoms with Gasteiger partial charge in [-0.15, -0.1) is 0 Å². The van der Waals surface area contributed by atoms with Crippen LogP contribution in [0.25, 0.3) is 6.08 Å². The number of carbonyl (C=O) groups excluding carboxylic acids is 2. The van der Waals surface area contributed by atoms with Gasteiger partial charge in [-0.1, -0.05) is 82.6 Å². The molecule has 0 fully saturated rings. The first-order chi connectivity index (χ1) is 15.9. The fourth-order valence-corrected chi connectivity index (χ4v) is 4.26. The van der Waals surface area contributed by atoms with Crippen molar-refractivity contribution in [3.05, 3.63) is 41.0 Å². The Morgan fingerprint density at radius 2 is 1.55 bits per heavy atom. The maximum absolute atomic E-state index is 12.3. The molecular formula is C29H46O4. The second-order valence-corrected chi connectivity index (χ2v) is 9.05. The van der Waals surface area contributed by atoms with E-state index in [2.05, 4.69) is 26.0 Å². The highest BCUT2D eigenvalue weighted by Crippen LogP contribution is 2.32. The minimum atomic E-state index is -0.544. The third-order valence-corrected chi connectivity index (χ3v) is 6.33. The lowest BCUT2D eigenvalue weighted by molar-refractivity contribution is -0.139. The first-order valence-electron chi connectivity index (χ1n) is 13.0. The summed E-state index contributed by atoms with van der Waals surface area (Å²) < 4.78 is 10.6. The van der Waals surface area contributed by atoms with Gasteiger partial charge in [-0.05, 0) is 63.2 Å². The largest absolute Gasteiger partial charge is 0.462 e. The lowest BCUT2D eigenvalue weighted by Gasteiger charge is -2.21. The van der Waals surface area contributed by atoms with Gasteiger partial charge < -0.3 is 9.47 Å². The molecule has 4 nitrogen and oxygen atoms in total. The van der Waals surface area contributed by atoms with E-state index in [1.807, 2.05) is 12.1 Å². The molecule has 1 aromatic rings. The molecule has 186 valence electrons. The van der Waals surface area contributed by atoms with Gasteiger partial charge in [0.15, 0.2) is 5.78 Å². The quantitative estimate of drug-likeness (QED) is 0.0745. The van der Waals surface area contributed by atoms with Crippen molar-refractivity contribution in [2.75, 3.05) is 13.7 Å². The minimum Gasteiger partial charge on any atom is -0.462 e. The van der Waals surface area contributed by atoms with Crippen molar-refractivity contribution in [2.45, 2.75) is 110 Å². The Hall–Kier alpha value is -1.94. The highest BCUT2D eigenvalue weighted by molar-refractivity contribution is 6.19. The van der Waals surface area contributed by atoms with Crippen LogP contribution in [0.5, 0.6) is 0 Å². The van der Waals surface area contributed by atoms with Crippen molar-refractivity contribution in [3.8, 4) is 0 Å². The molecule has 0 N–H and O–H groups in total. The summed E-state index contributed by atoms with van der Waals surface area (Å²) in [6.07, 6.45) is 15.3. The maximum atomic E-state index is 12.3. The van der Waals surface area contributed by atoms with Crippen LogP contribution in [0.3, 0.4) is 0 Å². The zero-order valence-corrected chi connectivity index (χ0v) is 21.7. The Kier molecular flexibility index (Phi) is 15.4. The molecule has 0 saturated carbocycles. The van der Waals surface area contributed by atoms with E-state index in [0.717, 1.165) is 31.2 Å². The molecule has 33 heavy (non-hydrogen) atoms. The van der Waals surface area contributed by atoms with E-state index in [-0.39, 0.29) is 24.1 Å². The van der Waals surface area contributed by atoms with Crippen LogP contribution in [0.1, 0.15) is 115 Å². The Balaban J connectivity index is 3.02. The molecule has 4 heteroatoms. The zero-order chi connectivity index (χ0) is 24.5. The van der Waals surface area contributed by atoms with E-state index in [4.69, 9.17) is 9.47 Å². The van der Waals surface area contributed by atoms with Crippen LogP contribution in [-0.4, -0.2) is 31.6 Å². The highest BCUT2D eigenvalue weighted by Gasteiger charge is 2.19. The minimum absolute atomic E-state index is 0.118. The summed E-state index contributed by atoms with van der Waals surface area (Å²) in [5.41, 5.74) is 2.28. The second-order valence-electron chi connectivity index (χ2n) is 9.05. The van der Waals surface area contributed by atoms with Crippen LogP contribution in [0.2, 0.25) is 0 Å². The van der Waals surface area contributed by atoms with Crippen molar-refractivity contribution < 1.29 is 19.1 Å². The van der Waals surface area contributed by atoms with Gasteiger partial charge >= 0.3 is 5.97 Å². The van der Waals surface area contributed by atoms with Gasteiger partial charge in [0.2, 0.25) is 0 Å². The summed E-state index contributed by atoms with van der Waals surface area (Å²) in [7, 11) is 1.76. The van der Waals surface area contributed by atoms with Crippen molar-refractivity contribution in [1.29, 1.82) is 0 Å². The van der Waals surface area contributed by atoms with Gasteiger partial charge in [-0.3, -0.25) is 4.79 Å². The molecule has 0 bridgehead atoms. The number of unbranched alkanes of at least 4 members (excludes halogenated alkanes) is 6. The Morgan fingerprint density at radius 1 is 0.909 bits per heavy atom. The Morgan fingerprint density at radius 3 is 2.18 bits per heavy atom. The maximum Gasteiger partial charge on any atom is 0.341 e. The average molecular weight is 459 g/mol.